The van der Waals surface area contributed by atoms with E-state index in [1.165, 1.54) is 11.8 Å². The molecule has 1 heterocycles. The van der Waals surface area contributed by atoms with E-state index in [0.29, 0.717) is 18.1 Å². The fraction of sp³-hybridized carbons (Fsp3) is 0.400. The van der Waals surface area contributed by atoms with Gasteiger partial charge in [-0.1, -0.05) is 24.8 Å². The first kappa shape index (κ1) is 16.4. The molecule has 0 amide bonds. The molecule has 22 heavy (non-hydrogen) atoms. The van der Waals surface area contributed by atoms with Gasteiger partial charge in [0.2, 0.25) is 5.16 Å². The van der Waals surface area contributed by atoms with Crippen molar-refractivity contribution in [1.82, 2.24) is 14.9 Å². The Labute approximate surface area is 134 Å². The number of thioether (sulfide) groups is 1. The second-order valence-corrected chi connectivity index (χ2v) is 5.29. The number of hydrogen-bond donors (Lipinski definition) is 0. The second kappa shape index (κ2) is 7.84. The van der Waals surface area contributed by atoms with Crippen LogP contribution in [-0.2, 0) is 0 Å². The van der Waals surface area contributed by atoms with Crippen LogP contribution in [0.15, 0.2) is 28.5 Å². The van der Waals surface area contributed by atoms with Crippen molar-refractivity contribution in [1.29, 1.82) is 0 Å². The second-order valence-electron chi connectivity index (χ2n) is 4.52. The molecule has 6 nitrogen and oxygen atoms in total. The van der Waals surface area contributed by atoms with Crippen molar-refractivity contribution in [3.8, 4) is 11.5 Å². The van der Waals surface area contributed by atoms with Crippen molar-refractivity contribution in [2.24, 2.45) is 5.10 Å². The van der Waals surface area contributed by atoms with E-state index in [0.717, 1.165) is 23.0 Å². The lowest BCUT2D eigenvalue weighted by molar-refractivity contribution is 0.294. The maximum absolute atomic E-state index is 5.80. The molecule has 0 aliphatic carbocycles. The molecule has 0 aliphatic heterocycles. The molecule has 1 aromatic heterocycles. The summed E-state index contributed by atoms with van der Waals surface area (Å²) in [4.78, 5) is 0. The van der Waals surface area contributed by atoms with E-state index >= 15 is 0 Å². The van der Waals surface area contributed by atoms with E-state index in [1.54, 1.807) is 18.0 Å². The van der Waals surface area contributed by atoms with Gasteiger partial charge in [-0.15, -0.1) is 10.2 Å². The van der Waals surface area contributed by atoms with Gasteiger partial charge in [0.25, 0.3) is 0 Å². The number of ether oxygens (including phenoxy) is 2. The average molecular weight is 320 g/mol. The number of rotatable bonds is 7. The molecule has 0 spiro atoms. The fourth-order valence-electron chi connectivity index (χ4n) is 1.87. The van der Waals surface area contributed by atoms with Gasteiger partial charge >= 0.3 is 0 Å². The normalized spacial score (nSPS) is 11.1. The highest BCUT2D eigenvalue weighted by molar-refractivity contribution is 7.98. The Morgan fingerprint density at radius 2 is 2.18 bits per heavy atom. The Morgan fingerprint density at radius 1 is 1.36 bits per heavy atom. The Balaban J connectivity index is 2.35. The lowest BCUT2D eigenvalue weighted by Gasteiger charge is -2.12. The summed E-state index contributed by atoms with van der Waals surface area (Å²) in [5.74, 6) is 2.13. The van der Waals surface area contributed by atoms with Crippen molar-refractivity contribution in [3.63, 3.8) is 0 Å². The van der Waals surface area contributed by atoms with Crippen molar-refractivity contribution in [2.75, 3.05) is 20.0 Å². The van der Waals surface area contributed by atoms with Gasteiger partial charge in [-0.05, 0) is 31.7 Å². The van der Waals surface area contributed by atoms with Gasteiger partial charge in [0.05, 0.1) is 19.9 Å². The number of nitrogens with zero attached hydrogens (tertiary/aromatic N) is 4. The summed E-state index contributed by atoms with van der Waals surface area (Å²) < 4.78 is 12.9. The zero-order valence-electron chi connectivity index (χ0n) is 13.2. The van der Waals surface area contributed by atoms with E-state index in [4.69, 9.17) is 9.47 Å². The number of para-hydroxylation sites is 1. The number of methoxy groups -OCH3 is 1. The molecular formula is C15H20N4O2S. The molecule has 0 aliphatic rings. The van der Waals surface area contributed by atoms with Crippen LogP contribution >= 0.6 is 11.8 Å². The molecule has 0 N–H and O–H groups in total. The summed E-state index contributed by atoms with van der Waals surface area (Å²) in [7, 11) is 1.63. The topological polar surface area (TPSA) is 61.5 Å². The summed E-state index contributed by atoms with van der Waals surface area (Å²) >= 11 is 1.50. The van der Waals surface area contributed by atoms with Crippen LogP contribution in [0.25, 0.3) is 0 Å². The number of benzene rings is 1. The van der Waals surface area contributed by atoms with Crippen LogP contribution in [0.5, 0.6) is 11.5 Å². The van der Waals surface area contributed by atoms with Crippen LogP contribution in [0.3, 0.4) is 0 Å². The highest BCUT2D eigenvalue weighted by Gasteiger charge is 2.10. The Kier molecular flexibility index (Phi) is 5.83. The minimum absolute atomic E-state index is 0.628. The third-order valence-electron chi connectivity index (χ3n) is 2.94. The number of hydrogen-bond acceptors (Lipinski definition) is 6. The lowest BCUT2D eigenvalue weighted by Crippen LogP contribution is -2.02. The van der Waals surface area contributed by atoms with Crippen LogP contribution in [0.4, 0.5) is 0 Å². The SMILES string of the molecule is CCCOc1c(/C=N\n2c(C)nnc2SC)cccc1OC. The van der Waals surface area contributed by atoms with Crippen molar-refractivity contribution in [2.45, 2.75) is 25.4 Å². The predicted octanol–water partition coefficient (Wildman–Crippen LogP) is 2.99. The molecule has 0 unspecified atom stereocenters. The molecule has 0 radical (unpaired) electrons. The maximum atomic E-state index is 5.80. The molecule has 1 aromatic carbocycles. The van der Waals surface area contributed by atoms with Gasteiger partial charge in [-0.2, -0.15) is 9.78 Å². The van der Waals surface area contributed by atoms with Gasteiger partial charge in [0.15, 0.2) is 17.3 Å². The molecule has 2 aromatic rings. The monoisotopic (exact) mass is 320 g/mol. The summed E-state index contributed by atoms with van der Waals surface area (Å²) in [5.41, 5.74) is 0.855. The zero-order valence-corrected chi connectivity index (χ0v) is 14.1. The molecule has 0 atom stereocenters. The van der Waals surface area contributed by atoms with Crippen LogP contribution in [0.1, 0.15) is 24.7 Å². The zero-order chi connectivity index (χ0) is 15.9. The minimum Gasteiger partial charge on any atom is -0.493 e. The summed E-state index contributed by atoms with van der Waals surface area (Å²) in [6.07, 6.45) is 4.61. The standard InChI is InChI=1S/C15H20N4O2S/c1-5-9-21-14-12(7-6-8-13(14)20-3)10-16-19-11(2)17-18-15(19)22-4/h6-8,10H,5,9H2,1-4H3/b16-10-. The minimum atomic E-state index is 0.628. The van der Waals surface area contributed by atoms with Gasteiger partial charge in [-0.25, -0.2) is 0 Å². The average Bonchev–Trinajstić information content (AvgIpc) is 2.91. The quantitative estimate of drug-likeness (QED) is 0.580. The van der Waals surface area contributed by atoms with Gasteiger partial charge in [0, 0.05) is 5.56 Å². The summed E-state index contributed by atoms with van der Waals surface area (Å²) in [5, 5.41) is 13.3. The summed E-state index contributed by atoms with van der Waals surface area (Å²) in [6, 6.07) is 5.72. The fourth-order valence-corrected chi connectivity index (χ4v) is 2.35. The largest absolute Gasteiger partial charge is 0.493 e. The predicted molar refractivity (Wildman–Crippen MR) is 88.3 cm³/mol. The van der Waals surface area contributed by atoms with E-state index in [2.05, 4.69) is 22.2 Å². The Hall–Kier alpha value is -2.02. The van der Waals surface area contributed by atoms with Crippen molar-refractivity contribution < 1.29 is 9.47 Å². The van der Waals surface area contributed by atoms with E-state index in [1.807, 2.05) is 31.4 Å². The molecule has 2 rings (SSSR count). The molecule has 0 saturated heterocycles. The van der Waals surface area contributed by atoms with Crippen molar-refractivity contribution in [3.05, 3.63) is 29.6 Å². The first-order chi connectivity index (χ1) is 10.7. The smallest absolute Gasteiger partial charge is 0.211 e. The van der Waals surface area contributed by atoms with E-state index < -0.39 is 0 Å². The number of aromatic nitrogens is 3. The first-order valence-corrected chi connectivity index (χ1v) is 8.23. The molecule has 7 heteroatoms. The third kappa shape index (κ3) is 3.59. The van der Waals surface area contributed by atoms with Crippen molar-refractivity contribution >= 4 is 18.0 Å². The molecule has 0 fully saturated rings. The summed E-state index contributed by atoms with van der Waals surface area (Å²) in [6.45, 7) is 4.56. The number of aryl methyl sites for hydroxylation is 1. The first-order valence-electron chi connectivity index (χ1n) is 7.01. The van der Waals surface area contributed by atoms with Gasteiger partial charge < -0.3 is 9.47 Å². The molecule has 118 valence electrons. The van der Waals surface area contributed by atoms with Crippen LogP contribution in [-0.4, -0.2) is 41.1 Å². The van der Waals surface area contributed by atoms with Gasteiger partial charge in [0.1, 0.15) is 0 Å². The molecular weight excluding hydrogens is 300 g/mol. The molecule has 0 saturated carbocycles. The van der Waals surface area contributed by atoms with Crippen LogP contribution < -0.4 is 9.47 Å². The Bertz CT molecular complexity index is 655. The lowest BCUT2D eigenvalue weighted by atomic mass is 10.2. The van der Waals surface area contributed by atoms with Gasteiger partial charge in [-0.3, -0.25) is 0 Å². The maximum Gasteiger partial charge on any atom is 0.211 e. The third-order valence-corrected chi connectivity index (χ3v) is 3.56. The highest BCUT2D eigenvalue weighted by Crippen LogP contribution is 2.30. The van der Waals surface area contributed by atoms with Crippen LogP contribution in [0.2, 0.25) is 0 Å². The van der Waals surface area contributed by atoms with E-state index in [-0.39, 0.29) is 0 Å². The van der Waals surface area contributed by atoms with E-state index in [9.17, 15) is 0 Å². The Morgan fingerprint density at radius 3 is 2.86 bits per heavy atom. The molecule has 0 bridgehead atoms. The highest BCUT2D eigenvalue weighted by atomic mass is 32.2. The van der Waals surface area contributed by atoms with Crippen LogP contribution in [0, 0.1) is 6.92 Å².